The van der Waals surface area contributed by atoms with Crippen molar-refractivity contribution in [1.82, 2.24) is 14.5 Å². The largest absolute Gasteiger partial charge is 0.353 e. The number of H-pyrrole nitrogens is 1. The highest BCUT2D eigenvalue weighted by Gasteiger charge is 2.25. The standard InChI is InChI=1S/C17H14F3N5O2/c18-8-1-2-13(11(19)5-8)25-14-10(16(26)23-17(25)27)6-12(20)15(22-14)24-4-3-9(21)7-24/h1-2,5-6,9H,3-4,7,21H2,(H,23,26,27). The minimum absolute atomic E-state index is 0.0864. The number of aromatic amines is 1. The van der Waals surface area contributed by atoms with Gasteiger partial charge in [0.05, 0.1) is 11.1 Å². The monoisotopic (exact) mass is 377 g/mol. The molecule has 140 valence electrons. The maximum Gasteiger partial charge on any atom is 0.334 e. The molecule has 7 nitrogen and oxygen atoms in total. The normalized spacial score (nSPS) is 17.0. The first-order valence-corrected chi connectivity index (χ1v) is 8.16. The third-order valence-corrected chi connectivity index (χ3v) is 4.49. The predicted molar refractivity (Wildman–Crippen MR) is 92.6 cm³/mol. The van der Waals surface area contributed by atoms with E-state index in [1.165, 1.54) is 0 Å². The molecule has 3 heterocycles. The van der Waals surface area contributed by atoms with Crippen molar-refractivity contribution in [2.75, 3.05) is 18.0 Å². The number of nitrogens with two attached hydrogens (primary N) is 1. The van der Waals surface area contributed by atoms with E-state index in [9.17, 15) is 22.8 Å². The van der Waals surface area contributed by atoms with Gasteiger partial charge in [-0.05, 0) is 24.6 Å². The summed E-state index contributed by atoms with van der Waals surface area (Å²) in [7, 11) is 0. The van der Waals surface area contributed by atoms with Crippen LogP contribution in [0.3, 0.4) is 0 Å². The second-order valence-electron chi connectivity index (χ2n) is 6.35. The van der Waals surface area contributed by atoms with Gasteiger partial charge in [0.15, 0.2) is 17.3 Å². The lowest BCUT2D eigenvalue weighted by molar-refractivity contribution is 0.576. The van der Waals surface area contributed by atoms with Crippen molar-refractivity contribution in [2.24, 2.45) is 5.73 Å². The van der Waals surface area contributed by atoms with Crippen LogP contribution in [-0.2, 0) is 0 Å². The quantitative estimate of drug-likeness (QED) is 0.695. The second-order valence-corrected chi connectivity index (χ2v) is 6.35. The molecule has 0 spiro atoms. The number of hydrogen-bond donors (Lipinski definition) is 2. The fourth-order valence-electron chi connectivity index (χ4n) is 3.21. The van der Waals surface area contributed by atoms with E-state index in [2.05, 4.69) is 4.98 Å². The van der Waals surface area contributed by atoms with Crippen molar-refractivity contribution >= 4 is 16.9 Å². The van der Waals surface area contributed by atoms with Gasteiger partial charge < -0.3 is 10.6 Å². The van der Waals surface area contributed by atoms with Crippen LogP contribution in [0, 0.1) is 17.5 Å². The van der Waals surface area contributed by atoms with Gasteiger partial charge in [-0.1, -0.05) is 0 Å². The van der Waals surface area contributed by atoms with Gasteiger partial charge in [0, 0.05) is 25.2 Å². The summed E-state index contributed by atoms with van der Waals surface area (Å²) in [4.78, 5) is 32.2. The zero-order valence-electron chi connectivity index (χ0n) is 13.9. The summed E-state index contributed by atoms with van der Waals surface area (Å²) in [5, 5.41) is -0.233. The van der Waals surface area contributed by atoms with Crippen molar-refractivity contribution in [2.45, 2.75) is 12.5 Å². The van der Waals surface area contributed by atoms with Crippen molar-refractivity contribution in [1.29, 1.82) is 0 Å². The molecule has 1 aliphatic heterocycles. The Morgan fingerprint density at radius 2 is 1.93 bits per heavy atom. The Balaban J connectivity index is 2.03. The summed E-state index contributed by atoms with van der Waals surface area (Å²) >= 11 is 0. The van der Waals surface area contributed by atoms with Crippen LogP contribution < -0.4 is 21.9 Å². The molecule has 3 aromatic rings. The number of fused-ring (bicyclic) bond motifs is 1. The molecule has 0 amide bonds. The van der Waals surface area contributed by atoms with Gasteiger partial charge in [-0.15, -0.1) is 0 Å². The molecule has 1 atom stereocenters. The number of rotatable bonds is 2. The molecule has 10 heteroatoms. The van der Waals surface area contributed by atoms with Crippen molar-refractivity contribution in [3.63, 3.8) is 0 Å². The van der Waals surface area contributed by atoms with Crippen LogP contribution >= 0.6 is 0 Å². The summed E-state index contributed by atoms with van der Waals surface area (Å²) in [5.74, 6) is -2.70. The van der Waals surface area contributed by atoms with Gasteiger partial charge in [0.1, 0.15) is 11.6 Å². The molecule has 0 saturated carbocycles. The number of nitrogens with zero attached hydrogens (tertiary/aromatic N) is 3. The number of nitrogens with one attached hydrogen (secondary N) is 1. The van der Waals surface area contributed by atoms with Gasteiger partial charge in [-0.3, -0.25) is 9.78 Å². The SMILES string of the molecule is NC1CCN(c2nc3c(cc2F)c(=O)[nH]c(=O)n3-c2ccc(F)cc2F)C1. The maximum atomic E-state index is 14.5. The molecule has 0 radical (unpaired) electrons. The van der Waals surface area contributed by atoms with Crippen LogP contribution in [0.5, 0.6) is 0 Å². The lowest BCUT2D eigenvalue weighted by atomic mass is 10.2. The molecular formula is C17H14F3N5O2. The van der Waals surface area contributed by atoms with Crippen molar-refractivity contribution < 1.29 is 13.2 Å². The van der Waals surface area contributed by atoms with E-state index >= 15 is 0 Å². The average molecular weight is 377 g/mol. The van der Waals surface area contributed by atoms with Gasteiger partial charge in [-0.2, -0.15) is 0 Å². The Hall–Kier alpha value is -3.14. The minimum Gasteiger partial charge on any atom is -0.353 e. The fourth-order valence-corrected chi connectivity index (χ4v) is 3.21. The Kier molecular flexibility index (Phi) is 3.99. The molecule has 1 saturated heterocycles. The minimum atomic E-state index is -1.03. The van der Waals surface area contributed by atoms with Crippen LogP contribution in [0.15, 0.2) is 33.9 Å². The molecule has 1 unspecified atom stereocenters. The van der Waals surface area contributed by atoms with Gasteiger partial charge in [0.2, 0.25) is 0 Å². The molecule has 0 aliphatic carbocycles. The lowest BCUT2D eigenvalue weighted by Crippen LogP contribution is -2.32. The summed E-state index contributed by atoms with van der Waals surface area (Å²) in [5.41, 5.74) is 3.47. The highest BCUT2D eigenvalue weighted by atomic mass is 19.1. The number of hydrogen-bond acceptors (Lipinski definition) is 5. The third kappa shape index (κ3) is 2.87. The highest BCUT2D eigenvalue weighted by molar-refractivity contribution is 5.78. The number of pyridine rings is 1. The van der Waals surface area contributed by atoms with E-state index in [1.54, 1.807) is 4.90 Å². The number of benzene rings is 1. The first kappa shape index (κ1) is 17.3. The van der Waals surface area contributed by atoms with E-state index in [-0.39, 0.29) is 28.6 Å². The smallest absolute Gasteiger partial charge is 0.334 e. The first-order valence-electron chi connectivity index (χ1n) is 8.16. The second kappa shape index (κ2) is 6.23. The summed E-state index contributed by atoms with van der Waals surface area (Å²) in [6.45, 7) is 0.808. The summed E-state index contributed by atoms with van der Waals surface area (Å²) in [6.07, 6.45) is 0.633. The molecule has 4 rings (SSSR count). The molecule has 3 N–H and O–H groups in total. The average Bonchev–Trinajstić information content (AvgIpc) is 3.03. The Morgan fingerprint density at radius 3 is 2.59 bits per heavy atom. The molecule has 1 aliphatic rings. The Labute approximate surface area is 149 Å². The molecular weight excluding hydrogens is 363 g/mol. The van der Waals surface area contributed by atoms with Crippen LogP contribution in [-0.4, -0.2) is 33.7 Å². The molecule has 27 heavy (non-hydrogen) atoms. The maximum absolute atomic E-state index is 14.5. The van der Waals surface area contributed by atoms with E-state index in [0.717, 1.165) is 22.8 Å². The van der Waals surface area contributed by atoms with Gasteiger partial charge in [0.25, 0.3) is 5.56 Å². The predicted octanol–water partition coefficient (Wildman–Crippen LogP) is 1.03. The lowest BCUT2D eigenvalue weighted by Gasteiger charge is -2.19. The zero-order valence-corrected chi connectivity index (χ0v) is 13.9. The van der Waals surface area contributed by atoms with E-state index in [4.69, 9.17) is 5.73 Å². The van der Waals surface area contributed by atoms with Crippen molar-refractivity contribution in [3.8, 4) is 5.69 Å². The molecule has 0 bridgehead atoms. The van der Waals surface area contributed by atoms with E-state index < -0.39 is 28.7 Å². The van der Waals surface area contributed by atoms with Crippen molar-refractivity contribution in [3.05, 3.63) is 62.6 Å². The fraction of sp³-hybridized carbons (Fsp3) is 0.235. The topological polar surface area (TPSA) is 97.0 Å². The van der Waals surface area contributed by atoms with Crippen LogP contribution in [0.25, 0.3) is 16.7 Å². The molecule has 1 aromatic carbocycles. The Morgan fingerprint density at radius 1 is 1.15 bits per heavy atom. The molecule has 2 aromatic heterocycles. The van der Waals surface area contributed by atoms with Gasteiger partial charge >= 0.3 is 5.69 Å². The Bertz CT molecular complexity index is 1170. The van der Waals surface area contributed by atoms with Gasteiger partial charge in [-0.25, -0.2) is 27.5 Å². The summed E-state index contributed by atoms with van der Waals surface area (Å²) < 4.78 is 42.8. The third-order valence-electron chi connectivity index (χ3n) is 4.49. The highest BCUT2D eigenvalue weighted by Crippen LogP contribution is 2.25. The molecule has 1 fully saturated rings. The number of anilines is 1. The number of aromatic nitrogens is 3. The first-order chi connectivity index (χ1) is 12.8. The van der Waals surface area contributed by atoms with Crippen LogP contribution in [0.1, 0.15) is 6.42 Å². The van der Waals surface area contributed by atoms with E-state index in [1.807, 2.05) is 4.98 Å². The van der Waals surface area contributed by atoms with Crippen LogP contribution in [0.4, 0.5) is 19.0 Å². The number of halogens is 3. The summed E-state index contributed by atoms with van der Waals surface area (Å²) in [6, 6.07) is 3.39. The van der Waals surface area contributed by atoms with Crippen LogP contribution in [0.2, 0.25) is 0 Å². The van der Waals surface area contributed by atoms with E-state index in [0.29, 0.717) is 25.6 Å². The zero-order chi connectivity index (χ0) is 19.3.